The lowest BCUT2D eigenvalue weighted by atomic mass is 10.1. The summed E-state index contributed by atoms with van der Waals surface area (Å²) in [7, 11) is 0. The fourth-order valence-corrected chi connectivity index (χ4v) is 1.59. The van der Waals surface area contributed by atoms with Gasteiger partial charge in [-0.15, -0.1) is 0 Å². The molecule has 1 aromatic carbocycles. The Hall–Kier alpha value is -0.860. The van der Waals surface area contributed by atoms with Crippen LogP contribution in [0.25, 0.3) is 0 Å². The van der Waals surface area contributed by atoms with Gasteiger partial charge in [0, 0.05) is 12.8 Å². The van der Waals surface area contributed by atoms with Crippen molar-refractivity contribution in [2.75, 3.05) is 0 Å². The van der Waals surface area contributed by atoms with E-state index in [0.29, 0.717) is 0 Å². The molecule has 1 N–H and O–H groups in total. The van der Waals surface area contributed by atoms with Gasteiger partial charge in [0.2, 0.25) is 0 Å². The Labute approximate surface area is 65.4 Å². The van der Waals surface area contributed by atoms with E-state index in [0.717, 1.165) is 12.8 Å². The Morgan fingerprint density at radius 3 is 2.18 bits per heavy atom. The molecule has 0 aliphatic heterocycles. The summed E-state index contributed by atoms with van der Waals surface area (Å²) in [5.74, 6) is 0. The summed E-state index contributed by atoms with van der Waals surface area (Å²) in [5.41, 5.74) is 2.60. The minimum absolute atomic E-state index is 0.0209. The molecule has 58 valence electrons. The zero-order valence-corrected chi connectivity index (χ0v) is 6.16. The first-order valence-electron chi connectivity index (χ1n) is 3.77. The van der Waals surface area contributed by atoms with Gasteiger partial charge in [-0.3, -0.25) is 5.26 Å². The number of benzene rings is 1. The number of hydrogen-bond acceptors (Lipinski definition) is 2. The van der Waals surface area contributed by atoms with Gasteiger partial charge in [0.05, 0.1) is 0 Å². The van der Waals surface area contributed by atoms with Gasteiger partial charge in [0.25, 0.3) is 0 Å². The maximum absolute atomic E-state index is 8.44. The van der Waals surface area contributed by atoms with E-state index in [2.05, 4.69) is 17.0 Å². The van der Waals surface area contributed by atoms with Crippen LogP contribution in [0.15, 0.2) is 24.3 Å². The second-order valence-electron chi connectivity index (χ2n) is 2.90. The van der Waals surface area contributed by atoms with Crippen molar-refractivity contribution in [3.05, 3.63) is 35.4 Å². The molecular formula is C9H10O2. The Morgan fingerprint density at radius 1 is 1.18 bits per heavy atom. The molecule has 0 atom stereocenters. The molecule has 2 nitrogen and oxygen atoms in total. The van der Waals surface area contributed by atoms with Crippen molar-refractivity contribution in [3.8, 4) is 0 Å². The van der Waals surface area contributed by atoms with Crippen molar-refractivity contribution >= 4 is 0 Å². The zero-order valence-electron chi connectivity index (χ0n) is 6.16. The average molecular weight is 150 g/mol. The van der Waals surface area contributed by atoms with Crippen LogP contribution in [0, 0.1) is 0 Å². The molecule has 11 heavy (non-hydrogen) atoms. The van der Waals surface area contributed by atoms with Crippen molar-refractivity contribution < 1.29 is 10.1 Å². The summed E-state index contributed by atoms with van der Waals surface area (Å²) in [6.45, 7) is 0. The fraction of sp³-hybridized carbons (Fsp3) is 0.333. The van der Waals surface area contributed by atoms with E-state index in [1.165, 1.54) is 11.1 Å². The van der Waals surface area contributed by atoms with E-state index in [-0.39, 0.29) is 6.10 Å². The van der Waals surface area contributed by atoms with E-state index < -0.39 is 0 Å². The molecule has 2 heteroatoms. The number of rotatable bonds is 1. The SMILES string of the molecule is OOC1Cc2ccccc2C1. The molecule has 1 aromatic rings. The molecule has 0 aromatic heterocycles. The van der Waals surface area contributed by atoms with Gasteiger partial charge in [0.15, 0.2) is 0 Å². The molecule has 0 amide bonds. The van der Waals surface area contributed by atoms with Crippen molar-refractivity contribution in [1.29, 1.82) is 0 Å². The summed E-state index contributed by atoms with van der Waals surface area (Å²) >= 11 is 0. The highest BCUT2D eigenvalue weighted by Gasteiger charge is 2.20. The summed E-state index contributed by atoms with van der Waals surface area (Å²) in [4.78, 5) is 4.29. The standard InChI is InChI=1S/C9H10O2/c10-11-9-5-7-3-1-2-4-8(7)6-9/h1-4,9-10H,5-6H2. The molecule has 0 saturated carbocycles. The van der Waals surface area contributed by atoms with Gasteiger partial charge in [-0.05, 0) is 11.1 Å². The van der Waals surface area contributed by atoms with E-state index in [1.807, 2.05) is 12.1 Å². The molecule has 0 fully saturated rings. The van der Waals surface area contributed by atoms with Gasteiger partial charge in [0.1, 0.15) is 6.10 Å². The molecule has 1 aliphatic carbocycles. The molecule has 0 saturated heterocycles. The first-order valence-corrected chi connectivity index (χ1v) is 3.77. The predicted molar refractivity (Wildman–Crippen MR) is 41.4 cm³/mol. The topological polar surface area (TPSA) is 29.5 Å². The molecule has 0 spiro atoms. The lowest BCUT2D eigenvalue weighted by molar-refractivity contribution is -0.275. The monoisotopic (exact) mass is 150 g/mol. The Bertz CT molecular complexity index is 232. The van der Waals surface area contributed by atoms with Gasteiger partial charge in [-0.1, -0.05) is 24.3 Å². The smallest absolute Gasteiger partial charge is 0.101 e. The zero-order chi connectivity index (χ0) is 7.68. The second kappa shape index (κ2) is 2.64. The van der Waals surface area contributed by atoms with Crippen LogP contribution >= 0.6 is 0 Å². The maximum atomic E-state index is 8.44. The Balaban J connectivity index is 2.27. The minimum atomic E-state index is -0.0209. The predicted octanol–water partition coefficient (Wildman–Crippen LogP) is 1.64. The maximum Gasteiger partial charge on any atom is 0.101 e. The lowest BCUT2D eigenvalue weighted by Gasteiger charge is -2.00. The summed E-state index contributed by atoms with van der Waals surface area (Å²) in [6, 6.07) is 8.18. The van der Waals surface area contributed by atoms with E-state index in [9.17, 15) is 0 Å². The van der Waals surface area contributed by atoms with Crippen molar-refractivity contribution in [2.24, 2.45) is 0 Å². The molecular weight excluding hydrogens is 140 g/mol. The summed E-state index contributed by atoms with van der Waals surface area (Å²) in [5, 5.41) is 8.44. The van der Waals surface area contributed by atoms with Crippen molar-refractivity contribution in [2.45, 2.75) is 18.9 Å². The molecule has 0 unspecified atom stereocenters. The Morgan fingerprint density at radius 2 is 1.73 bits per heavy atom. The van der Waals surface area contributed by atoms with Crippen LogP contribution in [0.5, 0.6) is 0 Å². The largest absolute Gasteiger partial charge is 0.252 e. The van der Waals surface area contributed by atoms with Gasteiger partial charge in [-0.2, -0.15) is 0 Å². The quantitative estimate of drug-likeness (QED) is 0.487. The van der Waals surface area contributed by atoms with Gasteiger partial charge < -0.3 is 0 Å². The van der Waals surface area contributed by atoms with E-state index in [4.69, 9.17) is 5.26 Å². The minimum Gasteiger partial charge on any atom is -0.252 e. The summed E-state index contributed by atoms with van der Waals surface area (Å²) < 4.78 is 0. The average Bonchev–Trinajstić information content (AvgIpc) is 2.46. The van der Waals surface area contributed by atoms with Crippen LogP contribution in [0.4, 0.5) is 0 Å². The fourth-order valence-electron chi connectivity index (χ4n) is 1.59. The van der Waals surface area contributed by atoms with Gasteiger partial charge in [-0.25, -0.2) is 4.89 Å². The molecule has 1 aliphatic rings. The van der Waals surface area contributed by atoms with Crippen LogP contribution in [0.2, 0.25) is 0 Å². The van der Waals surface area contributed by atoms with Crippen LogP contribution < -0.4 is 0 Å². The number of hydrogen-bond donors (Lipinski definition) is 1. The first-order chi connectivity index (χ1) is 5.40. The van der Waals surface area contributed by atoms with Crippen LogP contribution in [-0.4, -0.2) is 11.4 Å². The number of fused-ring (bicyclic) bond motifs is 1. The molecule has 0 radical (unpaired) electrons. The lowest BCUT2D eigenvalue weighted by Crippen LogP contribution is -2.09. The van der Waals surface area contributed by atoms with Gasteiger partial charge >= 0.3 is 0 Å². The van der Waals surface area contributed by atoms with Crippen LogP contribution in [-0.2, 0) is 17.7 Å². The third-order valence-corrected chi connectivity index (χ3v) is 2.16. The molecule has 0 heterocycles. The highest BCUT2D eigenvalue weighted by atomic mass is 17.1. The highest BCUT2D eigenvalue weighted by Crippen LogP contribution is 2.22. The third-order valence-electron chi connectivity index (χ3n) is 2.16. The van der Waals surface area contributed by atoms with Crippen molar-refractivity contribution in [3.63, 3.8) is 0 Å². The van der Waals surface area contributed by atoms with Crippen molar-refractivity contribution in [1.82, 2.24) is 0 Å². The highest BCUT2D eigenvalue weighted by molar-refractivity contribution is 5.32. The third kappa shape index (κ3) is 1.15. The summed E-state index contributed by atoms with van der Waals surface area (Å²) in [6.07, 6.45) is 1.66. The van der Waals surface area contributed by atoms with E-state index >= 15 is 0 Å². The second-order valence-corrected chi connectivity index (χ2v) is 2.90. The normalized spacial score (nSPS) is 16.8. The molecule has 0 bridgehead atoms. The van der Waals surface area contributed by atoms with Crippen LogP contribution in [0.1, 0.15) is 11.1 Å². The Kier molecular flexibility index (Phi) is 1.64. The molecule has 2 rings (SSSR count). The van der Waals surface area contributed by atoms with Crippen LogP contribution in [0.3, 0.4) is 0 Å². The first kappa shape index (κ1) is 6.83. The van der Waals surface area contributed by atoms with E-state index in [1.54, 1.807) is 0 Å².